The Bertz CT molecular complexity index is 948. The van der Waals surface area contributed by atoms with Gasteiger partial charge in [-0.25, -0.2) is 4.39 Å². The maximum Gasteiger partial charge on any atom is 0.272 e. The topological polar surface area (TPSA) is 34.9 Å². The first-order valence-electron chi connectivity index (χ1n) is 7.28. The van der Waals surface area contributed by atoms with Crippen LogP contribution in [0.3, 0.4) is 0 Å². The van der Waals surface area contributed by atoms with E-state index < -0.39 is 0 Å². The molecule has 0 spiro atoms. The Morgan fingerprint density at radius 1 is 1.12 bits per heavy atom. The fourth-order valence-electron chi connectivity index (χ4n) is 2.36. The highest BCUT2D eigenvalue weighted by atomic mass is 32.2. The summed E-state index contributed by atoms with van der Waals surface area (Å²) in [5.74, 6) is -0.382. The fourth-order valence-corrected chi connectivity index (χ4v) is 2.77. The van der Waals surface area contributed by atoms with Gasteiger partial charge in [-0.05, 0) is 42.2 Å². The van der Waals surface area contributed by atoms with Crippen molar-refractivity contribution in [3.05, 3.63) is 83.0 Å². The normalized spacial score (nSPS) is 10.6. The number of thioether (sulfide) groups is 1. The molecule has 0 aliphatic carbocycles. The Labute approximate surface area is 143 Å². The molecule has 0 atom stereocenters. The summed E-state index contributed by atoms with van der Waals surface area (Å²) in [7, 11) is 0. The highest BCUT2D eigenvalue weighted by Gasteiger charge is 2.07. The summed E-state index contributed by atoms with van der Waals surface area (Å²) in [4.78, 5) is 13.6. The molecular weight excluding hydrogens is 323 g/mol. The van der Waals surface area contributed by atoms with E-state index in [1.165, 1.54) is 29.0 Å². The second kappa shape index (κ2) is 6.84. The number of rotatable bonds is 4. The van der Waals surface area contributed by atoms with E-state index in [1.807, 2.05) is 30.5 Å². The van der Waals surface area contributed by atoms with Crippen LogP contribution in [0.5, 0.6) is 0 Å². The van der Waals surface area contributed by atoms with Gasteiger partial charge < -0.3 is 0 Å². The Morgan fingerprint density at radius 2 is 1.88 bits per heavy atom. The molecule has 0 fully saturated rings. The van der Waals surface area contributed by atoms with E-state index in [9.17, 15) is 9.18 Å². The van der Waals surface area contributed by atoms with Gasteiger partial charge in [-0.3, -0.25) is 4.79 Å². The average molecular weight is 338 g/mol. The van der Waals surface area contributed by atoms with Crippen LogP contribution in [-0.2, 0) is 0 Å². The third-order valence-corrected chi connectivity index (χ3v) is 4.41. The van der Waals surface area contributed by atoms with Crippen molar-refractivity contribution in [1.82, 2.24) is 9.78 Å². The van der Waals surface area contributed by atoms with Crippen LogP contribution >= 0.6 is 11.8 Å². The van der Waals surface area contributed by atoms with Gasteiger partial charge in [0.2, 0.25) is 0 Å². The minimum absolute atomic E-state index is 0.275. The summed E-state index contributed by atoms with van der Waals surface area (Å²) in [6.07, 6.45) is 5.05. The van der Waals surface area contributed by atoms with Gasteiger partial charge in [0.25, 0.3) is 5.56 Å². The number of halogens is 1. The Kier molecular flexibility index (Phi) is 4.62. The third kappa shape index (κ3) is 3.16. The van der Waals surface area contributed by atoms with E-state index in [2.05, 4.69) is 11.7 Å². The standard InChI is InChI=1S/C19H15FN2OS/c1-3-13-10-16(6-9-18(13)20)22-19(23)11-15(12-21-22)14-4-7-17(24-2)8-5-14/h3-12H,1H2,2H3. The molecule has 1 heterocycles. The van der Waals surface area contributed by atoms with Gasteiger partial charge >= 0.3 is 0 Å². The number of hydrogen-bond acceptors (Lipinski definition) is 3. The zero-order chi connectivity index (χ0) is 17.1. The van der Waals surface area contributed by atoms with Crippen LogP contribution in [0.4, 0.5) is 4.39 Å². The highest BCUT2D eigenvalue weighted by molar-refractivity contribution is 7.98. The van der Waals surface area contributed by atoms with E-state index in [0.29, 0.717) is 11.3 Å². The Morgan fingerprint density at radius 3 is 2.50 bits per heavy atom. The quantitative estimate of drug-likeness (QED) is 0.661. The number of hydrogen-bond donors (Lipinski definition) is 0. The van der Waals surface area contributed by atoms with E-state index in [0.717, 1.165) is 16.0 Å². The van der Waals surface area contributed by atoms with Crippen molar-refractivity contribution in [2.75, 3.05) is 6.26 Å². The Balaban J connectivity index is 2.00. The van der Waals surface area contributed by atoms with E-state index in [4.69, 9.17) is 0 Å². The van der Waals surface area contributed by atoms with E-state index in [1.54, 1.807) is 24.0 Å². The Hall–Kier alpha value is -2.66. The van der Waals surface area contributed by atoms with Crippen molar-refractivity contribution in [2.45, 2.75) is 4.90 Å². The lowest BCUT2D eigenvalue weighted by Crippen LogP contribution is -2.20. The molecule has 5 heteroatoms. The molecule has 3 rings (SSSR count). The lowest BCUT2D eigenvalue weighted by atomic mass is 10.1. The zero-order valence-electron chi connectivity index (χ0n) is 13.1. The third-order valence-electron chi connectivity index (χ3n) is 3.67. The molecule has 3 nitrogen and oxygen atoms in total. The predicted molar refractivity (Wildman–Crippen MR) is 97.1 cm³/mol. The molecule has 3 aromatic rings. The molecule has 0 amide bonds. The highest BCUT2D eigenvalue weighted by Crippen LogP contribution is 2.22. The molecule has 0 radical (unpaired) electrons. The lowest BCUT2D eigenvalue weighted by Gasteiger charge is -2.08. The fraction of sp³-hybridized carbons (Fsp3) is 0.0526. The zero-order valence-corrected chi connectivity index (χ0v) is 13.9. The summed E-state index contributed by atoms with van der Waals surface area (Å²) in [6, 6.07) is 13.8. The monoisotopic (exact) mass is 338 g/mol. The minimum Gasteiger partial charge on any atom is -0.267 e. The first-order chi connectivity index (χ1) is 11.6. The van der Waals surface area contributed by atoms with Gasteiger partial charge in [-0.1, -0.05) is 24.8 Å². The average Bonchev–Trinajstić information content (AvgIpc) is 2.62. The maximum atomic E-state index is 13.6. The summed E-state index contributed by atoms with van der Waals surface area (Å²) >= 11 is 1.66. The van der Waals surface area contributed by atoms with Gasteiger partial charge in [0.05, 0.1) is 11.9 Å². The van der Waals surface area contributed by atoms with Crippen molar-refractivity contribution < 1.29 is 4.39 Å². The van der Waals surface area contributed by atoms with Gasteiger partial charge in [0.15, 0.2) is 0 Å². The second-order valence-electron chi connectivity index (χ2n) is 5.13. The van der Waals surface area contributed by atoms with Crippen molar-refractivity contribution >= 4 is 17.8 Å². The van der Waals surface area contributed by atoms with Gasteiger partial charge in [-0.15, -0.1) is 11.8 Å². The maximum absolute atomic E-state index is 13.6. The van der Waals surface area contributed by atoms with Crippen LogP contribution in [0.1, 0.15) is 5.56 Å². The van der Waals surface area contributed by atoms with Crippen LogP contribution in [0, 0.1) is 5.82 Å². The molecule has 1 aromatic heterocycles. The molecule has 0 saturated carbocycles. The molecule has 0 N–H and O–H groups in total. The molecule has 0 aliphatic rings. The summed E-state index contributed by atoms with van der Waals surface area (Å²) < 4.78 is 14.8. The summed E-state index contributed by atoms with van der Waals surface area (Å²) in [6.45, 7) is 3.57. The van der Waals surface area contributed by atoms with Crippen molar-refractivity contribution in [3.8, 4) is 16.8 Å². The van der Waals surface area contributed by atoms with Crippen LogP contribution in [0.25, 0.3) is 22.9 Å². The minimum atomic E-state index is -0.382. The molecule has 2 aromatic carbocycles. The van der Waals surface area contributed by atoms with Crippen molar-refractivity contribution in [3.63, 3.8) is 0 Å². The van der Waals surface area contributed by atoms with Crippen LogP contribution in [-0.4, -0.2) is 16.0 Å². The van der Waals surface area contributed by atoms with Gasteiger partial charge in [0.1, 0.15) is 5.82 Å². The molecule has 24 heavy (non-hydrogen) atoms. The van der Waals surface area contributed by atoms with Crippen LogP contribution in [0.15, 0.2) is 71.0 Å². The SMILES string of the molecule is C=Cc1cc(-n2ncc(-c3ccc(SC)cc3)cc2=O)ccc1F. The number of benzene rings is 2. The lowest BCUT2D eigenvalue weighted by molar-refractivity contribution is 0.624. The smallest absolute Gasteiger partial charge is 0.267 e. The molecule has 0 bridgehead atoms. The molecule has 0 unspecified atom stereocenters. The summed E-state index contributed by atoms with van der Waals surface area (Å²) in [5.41, 5.74) is 2.23. The number of nitrogens with zero attached hydrogens (tertiary/aromatic N) is 2. The van der Waals surface area contributed by atoms with E-state index >= 15 is 0 Å². The predicted octanol–water partition coefficient (Wildman–Crippen LogP) is 4.40. The molecule has 0 saturated heterocycles. The van der Waals surface area contributed by atoms with Gasteiger partial charge in [-0.2, -0.15) is 9.78 Å². The number of aromatic nitrogens is 2. The molecule has 120 valence electrons. The second-order valence-corrected chi connectivity index (χ2v) is 6.01. The van der Waals surface area contributed by atoms with Crippen molar-refractivity contribution in [1.29, 1.82) is 0 Å². The summed E-state index contributed by atoms with van der Waals surface area (Å²) in [5, 5.41) is 4.21. The van der Waals surface area contributed by atoms with Crippen molar-refractivity contribution in [2.24, 2.45) is 0 Å². The van der Waals surface area contributed by atoms with E-state index in [-0.39, 0.29) is 11.4 Å². The van der Waals surface area contributed by atoms with Crippen LogP contribution < -0.4 is 5.56 Å². The largest absolute Gasteiger partial charge is 0.272 e. The first kappa shape index (κ1) is 16.2. The van der Waals surface area contributed by atoms with Crippen LogP contribution in [0.2, 0.25) is 0 Å². The van der Waals surface area contributed by atoms with Gasteiger partial charge in [0, 0.05) is 22.1 Å². The first-order valence-corrected chi connectivity index (χ1v) is 8.51. The molecule has 0 aliphatic heterocycles. The molecular formula is C19H15FN2OS.